The first-order valence-corrected chi connectivity index (χ1v) is 5.62. The third kappa shape index (κ3) is 5.70. The van der Waals surface area contributed by atoms with Crippen LogP contribution in [-0.4, -0.2) is 18.5 Å². The third-order valence-electron chi connectivity index (χ3n) is 2.07. The molecular weight excluding hydrogens is 330 g/mol. The molecule has 1 atom stereocenters. The molecule has 118 valence electrons. The fourth-order valence-electron chi connectivity index (χ4n) is 1.36. The molecule has 1 aromatic rings. The predicted octanol–water partition coefficient (Wildman–Crippen LogP) is 4.35. The number of ether oxygens (including phenoxy) is 2. The predicted molar refractivity (Wildman–Crippen MR) is 59.1 cm³/mol. The van der Waals surface area contributed by atoms with Gasteiger partial charge in [0.1, 0.15) is 16.9 Å². The number of Topliss-reactive ketones (excluding diaryl/α,β-unsaturated/α-hetero) is 1. The molecule has 1 unspecified atom stereocenters. The minimum atomic E-state index is -5.09. The van der Waals surface area contributed by atoms with Gasteiger partial charge in [0.2, 0.25) is 0 Å². The number of carbonyl (C=O) groups is 1. The molecule has 1 aromatic carbocycles. The number of hydrogen-bond acceptors (Lipinski definition) is 3. The van der Waals surface area contributed by atoms with E-state index in [4.69, 9.17) is 11.6 Å². The molecule has 0 spiro atoms. The highest BCUT2D eigenvalue weighted by atomic mass is 35.5. The highest BCUT2D eigenvalue weighted by Crippen LogP contribution is 2.37. The van der Waals surface area contributed by atoms with E-state index in [1.165, 1.54) is 0 Å². The topological polar surface area (TPSA) is 35.5 Å². The Morgan fingerprint density at radius 2 is 1.62 bits per heavy atom. The van der Waals surface area contributed by atoms with Gasteiger partial charge in [-0.1, -0.05) is 0 Å². The Balaban J connectivity index is 3.23. The van der Waals surface area contributed by atoms with Gasteiger partial charge in [0.15, 0.2) is 5.78 Å². The van der Waals surface area contributed by atoms with Gasteiger partial charge in [-0.2, -0.15) is 0 Å². The van der Waals surface area contributed by atoms with Crippen molar-refractivity contribution in [2.24, 2.45) is 0 Å². The van der Waals surface area contributed by atoms with Crippen molar-refractivity contribution in [3.05, 3.63) is 23.8 Å². The molecule has 0 saturated carbocycles. The third-order valence-corrected chi connectivity index (χ3v) is 2.61. The van der Waals surface area contributed by atoms with Gasteiger partial charge >= 0.3 is 12.7 Å². The van der Waals surface area contributed by atoms with Crippen LogP contribution in [0, 0.1) is 0 Å². The molecule has 1 rings (SSSR count). The largest absolute Gasteiger partial charge is 0.573 e. The van der Waals surface area contributed by atoms with E-state index in [0.717, 1.165) is 6.92 Å². The fourth-order valence-corrected chi connectivity index (χ4v) is 1.53. The van der Waals surface area contributed by atoms with Crippen LogP contribution < -0.4 is 9.47 Å². The number of hydrogen-bond donors (Lipinski definition) is 0. The van der Waals surface area contributed by atoms with Crippen LogP contribution >= 0.6 is 11.6 Å². The number of rotatable bonds is 4. The summed E-state index contributed by atoms with van der Waals surface area (Å²) in [5.74, 6) is -2.47. The van der Waals surface area contributed by atoms with Crippen LogP contribution in [0.3, 0.4) is 0 Å². The average molecular weight is 337 g/mol. The number of halogens is 7. The molecule has 0 fully saturated rings. The number of ketones is 1. The molecule has 0 saturated heterocycles. The summed E-state index contributed by atoms with van der Waals surface area (Å²) in [5, 5.41) is -1.61. The molecule has 0 aromatic heterocycles. The number of benzene rings is 1. The van der Waals surface area contributed by atoms with Gasteiger partial charge in [-0.05, 0) is 25.1 Å². The lowest BCUT2D eigenvalue weighted by Crippen LogP contribution is -2.20. The zero-order valence-electron chi connectivity index (χ0n) is 10.2. The van der Waals surface area contributed by atoms with E-state index in [-0.39, 0.29) is 0 Å². The lowest BCUT2D eigenvalue weighted by molar-refractivity contribution is -0.277. The maximum absolute atomic E-state index is 12.2. The summed E-state index contributed by atoms with van der Waals surface area (Å²) in [5.41, 5.74) is -0.580. The molecule has 10 heteroatoms. The zero-order chi connectivity index (χ0) is 16.4. The van der Waals surface area contributed by atoms with Gasteiger partial charge in [-0.3, -0.25) is 4.79 Å². The van der Waals surface area contributed by atoms with E-state index in [1.807, 2.05) is 0 Å². The summed E-state index contributed by atoms with van der Waals surface area (Å²) in [6, 6.07) is 1.76. The van der Waals surface area contributed by atoms with E-state index in [0.29, 0.717) is 18.2 Å². The quantitative estimate of drug-likeness (QED) is 0.605. The highest BCUT2D eigenvalue weighted by molar-refractivity contribution is 6.31. The Hall–Kier alpha value is -1.64. The first kappa shape index (κ1) is 17.4. The zero-order valence-corrected chi connectivity index (χ0v) is 10.9. The molecule has 0 bridgehead atoms. The molecule has 0 aliphatic heterocycles. The first-order chi connectivity index (χ1) is 9.39. The van der Waals surface area contributed by atoms with Gasteiger partial charge in [0, 0.05) is 5.56 Å². The summed E-state index contributed by atoms with van der Waals surface area (Å²) in [4.78, 5) is 11.1. The normalized spacial score (nSPS) is 13.7. The van der Waals surface area contributed by atoms with Crippen molar-refractivity contribution in [3.63, 3.8) is 0 Å². The summed E-state index contributed by atoms with van der Waals surface area (Å²) in [7, 11) is 0. The second-order valence-corrected chi connectivity index (χ2v) is 4.20. The summed E-state index contributed by atoms with van der Waals surface area (Å²) < 4.78 is 80.0. The van der Waals surface area contributed by atoms with Crippen molar-refractivity contribution in [1.82, 2.24) is 0 Å². The Morgan fingerprint density at radius 3 is 2.05 bits per heavy atom. The van der Waals surface area contributed by atoms with Crippen LogP contribution in [0.15, 0.2) is 18.2 Å². The monoisotopic (exact) mass is 336 g/mol. The Labute approximate surface area is 119 Å². The lowest BCUT2D eigenvalue weighted by atomic mass is 10.1. The van der Waals surface area contributed by atoms with Gasteiger partial charge in [-0.25, -0.2) is 0 Å². The van der Waals surface area contributed by atoms with Crippen LogP contribution in [0.5, 0.6) is 11.5 Å². The molecule has 0 N–H and O–H groups in total. The van der Waals surface area contributed by atoms with Crippen LogP contribution in [0.25, 0.3) is 0 Å². The van der Waals surface area contributed by atoms with Crippen molar-refractivity contribution in [1.29, 1.82) is 0 Å². The average Bonchev–Trinajstić information content (AvgIpc) is 2.26. The van der Waals surface area contributed by atoms with Crippen LogP contribution in [-0.2, 0) is 4.79 Å². The molecule has 0 amide bonds. The van der Waals surface area contributed by atoms with Gasteiger partial charge in [0.05, 0.1) is 0 Å². The Kier molecular flexibility index (Phi) is 4.98. The highest BCUT2D eigenvalue weighted by Gasteiger charge is 2.35. The molecule has 3 nitrogen and oxygen atoms in total. The van der Waals surface area contributed by atoms with E-state index >= 15 is 0 Å². The summed E-state index contributed by atoms with van der Waals surface area (Å²) >= 11 is 5.58. The van der Waals surface area contributed by atoms with Crippen LogP contribution in [0.2, 0.25) is 0 Å². The first-order valence-electron chi connectivity index (χ1n) is 5.19. The van der Waals surface area contributed by atoms with Gasteiger partial charge in [0.25, 0.3) is 0 Å². The smallest absolute Gasteiger partial charge is 0.406 e. The molecule has 0 heterocycles. The molecule has 0 aliphatic rings. The standard InChI is InChI=1S/C11H7ClF6O3/c1-5(19)9(12)7-4-6(20-10(13,14)15)2-3-8(7)21-11(16,17)18/h2-4,9H,1H3. The molecular formula is C11H7ClF6O3. The lowest BCUT2D eigenvalue weighted by Gasteiger charge is -2.17. The van der Waals surface area contributed by atoms with Gasteiger partial charge < -0.3 is 9.47 Å². The van der Waals surface area contributed by atoms with Crippen molar-refractivity contribution >= 4 is 17.4 Å². The van der Waals surface area contributed by atoms with E-state index in [2.05, 4.69) is 9.47 Å². The Morgan fingerprint density at radius 1 is 1.10 bits per heavy atom. The minimum Gasteiger partial charge on any atom is -0.406 e. The molecule has 21 heavy (non-hydrogen) atoms. The fraction of sp³-hybridized carbons (Fsp3) is 0.364. The maximum atomic E-state index is 12.2. The Bertz CT molecular complexity index is 526. The van der Waals surface area contributed by atoms with Crippen LogP contribution in [0.1, 0.15) is 17.9 Å². The number of carbonyl (C=O) groups excluding carboxylic acids is 1. The number of alkyl halides is 7. The van der Waals surface area contributed by atoms with Crippen molar-refractivity contribution in [3.8, 4) is 11.5 Å². The molecule has 0 radical (unpaired) electrons. The van der Waals surface area contributed by atoms with E-state index < -0.39 is 40.9 Å². The molecule has 0 aliphatic carbocycles. The van der Waals surface area contributed by atoms with E-state index in [9.17, 15) is 31.1 Å². The maximum Gasteiger partial charge on any atom is 0.573 e. The minimum absolute atomic E-state index is 0.563. The van der Waals surface area contributed by atoms with E-state index in [1.54, 1.807) is 0 Å². The van der Waals surface area contributed by atoms with Crippen molar-refractivity contribution < 1.29 is 40.6 Å². The summed E-state index contributed by atoms with van der Waals surface area (Å²) in [6.07, 6.45) is -10.1. The van der Waals surface area contributed by atoms with Crippen molar-refractivity contribution in [2.45, 2.75) is 25.0 Å². The van der Waals surface area contributed by atoms with Crippen molar-refractivity contribution in [2.75, 3.05) is 0 Å². The second kappa shape index (κ2) is 6.00. The van der Waals surface area contributed by atoms with Crippen LogP contribution in [0.4, 0.5) is 26.3 Å². The second-order valence-electron chi connectivity index (χ2n) is 3.77. The summed E-state index contributed by atoms with van der Waals surface area (Å²) in [6.45, 7) is 0.965. The SMILES string of the molecule is CC(=O)C(Cl)c1cc(OC(F)(F)F)ccc1OC(F)(F)F. The van der Waals surface area contributed by atoms with Gasteiger partial charge in [-0.15, -0.1) is 37.9 Å².